The van der Waals surface area contributed by atoms with E-state index in [1.54, 1.807) is 11.0 Å². The van der Waals surface area contributed by atoms with Crippen LogP contribution in [0.5, 0.6) is 0 Å². The van der Waals surface area contributed by atoms with Crippen LogP contribution in [-0.2, 0) is 11.3 Å². The number of aromatic nitrogens is 1. The normalized spacial score (nSPS) is 14.2. The molecule has 6 heteroatoms. The molecule has 3 rings (SSSR count). The van der Waals surface area contributed by atoms with E-state index in [0.29, 0.717) is 17.9 Å². The van der Waals surface area contributed by atoms with Crippen LogP contribution in [-0.4, -0.2) is 23.1 Å². The fraction of sp³-hybridized carbons (Fsp3) is 0.267. The Morgan fingerprint density at radius 1 is 1.43 bits per heavy atom. The number of aldehydes is 1. The van der Waals surface area contributed by atoms with E-state index in [2.05, 4.69) is 5.16 Å². The van der Waals surface area contributed by atoms with Gasteiger partial charge in [0.05, 0.1) is 23.7 Å². The Morgan fingerprint density at radius 2 is 2.24 bits per heavy atom. The number of carbonyl (C=O) groups is 2. The van der Waals surface area contributed by atoms with E-state index in [0.717, 1.165) is 33.9 Å². The van der Waals surface area contributed by atoms with Gasteiger partial charge in [0.2, 0.25) is 5.91 Å². The average molecular weight is 302 g/mol. The molecule has 1 aliphatic heterocycles. The Bertz CT molecular complexity index is 704. The van der Waals surface area contributed by atoms with Crippen molar-refractivity contribution in [2.75, 3.05) is 10.7 Å². The van der Waals surface area contributed by atoms with Crippen LogP contribution in [0.1, 0.15) is 27.4 Å². The topological polar surface area (TPSA) is 63.4 Å². The first-order valence-electron chi connectivity index (χ1n) is 6.54. The SMILES string of the molecule is Cc1noc(C)c1CN1C(=O)CSc2cc(C=O)ccc21. The minimum atomic E-state index is 0.0475. The highest BCUT2D eigenvalue weighted by Crippen LogP contribution is 2.37. The molecule has 0 bridgehead atoms. The number of fused-ring (bicyclic) bond motifs is 1. The molecular weight excluding hydrogens is 288 g/mol. The number of hydrogen-bond donors (Lipinski definition) is 0. The van der Waals surface area contributed by atoms with Gasteiger partial charge in [-0.15, -0.1) is 11.8 Å². The first kappa shape index (κ1) is 13.9. The zero-order chi connectivity index (χ0) is 15.0. The van der Waals surface area contributed by atoms with E-state index in [9.17, 15) is 9.59 Å². The smallest absolute Gasteiger partial charge is 0.237 e. The molecule has 0 saturated carbocycles. The lowest BCUT2D eigenvalue weighted by Gasteiger charge is -2.29. The molecule has 21 heavy (non-hydrogen) atoms. The summed E-state index contributed by atoms with van der Waals surface area (Å²) >= 11 is 1.46. The lowest BCUT2D eigenvalue weighted by atomic mass is 10.1. The summed E-state index contributed by atoms with van der Waals surface area (Å²) in [7, 11) is 0. The van der Waals surface area contributed by atoms with E-state index < -0.39 is 0 Å². The molecule has 0 atom stereocenters. The Balaban J connectivity index is 1.99. The number of anilines is 1. The maximum Gasteiger partial charge on any atom is 0.237 e. The number of nitrogens with zero attached hydrogens (tertiary/aromatic N) is 2. The Hall–Kier alpha value is -2.08. The zero-order valence-corrected chi connectivity index (χ0v) is 12.6. The van der Waals surface area contributed by atoms with Crippen LogP contribution < -0.4 is 4.90 Å². The number of carbonyl (C=O) groups excluding carboxylic acids is 2. The molecule has 0 spiro atoms. The standard InChI is InChI=1S/C15H14N2O3S/c1-9-12(10(2)20-16-9)6-17-13-4-3-11(7-18)5-14(13)21-8-15(17)19/h3-5,7H,6,8H2,1-2H3. The fourth-order valence-electron chi connectivity index (χ4n) is 2.35. The zero-order valence-electron chi connectivity index (χ0n) is 11.8. The van der Waals surface area contributed by atoms with Gasteiger partial charge in [0.25, 0.3) is 0 Å². The van der Waals surface area contributed by atoms with Gasteiger partial charge in [-0.3, -0.25) is 9.59 Å². The van der Waals surface area contributed by atoms with Gasteiger partial charge in [-0.2, -0.15) is 0 Å². The van der Waals surface area contributed by atoms with Crippen molar-refractivity contribution in [1.29, 1.82) is 0 Å². The summed E-state index contributed by atoms with van der Waals surface area (Å²) in [5.74, 6) is 1.15. The summed E-state index contributed by atoms with van der Waals surface area (Å²) in [6, 6.07) is 5.37. The van der Waals surface area contributed by atoms with E-state index in [-0.39, 0.29) is 5.91 Å². The number of hydrogen-bond acceptors (Lipinski definition) is 5. The minimum Gasteiger partial charge on any atom is -0.361 e. The molecule has 0 aliphatic carbocycles. The van der Waals surface area contributed by atoms with Crippen molar-refractivity contribution < 1.29 is 14.1 Å². The maximum atomic E-state index is 12.2. The largest absolute Gasteiger partial charge is 0.361 e. The van der Waals surface area contributed by atoms with Gasteiger partial charge in [0, 0.05) is 16.0 Å². The van der Waals surface area contributed by atoms with Crippen molar-refractivity contribution in [1.82, 2.24) is 5.16 Å². The Morgan fingerprint density at radius 3 is 2.90 bits per heavy atom. The minimum absolute atomic E-state index is 0.0475. The van der Waals surface area contributed by atoms with Gasteiger partial charge in [-0.25, -0.2) is 0 Å². The van der Waals surface area contributed by atoms with Gasteiger partial charge in [-0.05, 0) is 32.0 Å². The number of amides is 1. The number of aryl methyl sites for hydroxylation is 2. The van der Waals surface area contributed by atoms with E-state index in [1.165, 1.54) is 11.8 Å². The summed E-state index contributed by atoms with van der Waals surface area (Å²) < 4.78 is 5.16. The quantitative estimate of drug-likeness (QED) is 0.816. The number of rotatable bonds is 3. The van der Waals surface area contributed by atoms with Crippen LogP contribution in [0.3, 0.4) is 0 Å². The molecule has 1 aromatic carbocycles. The first-order valence-corrected chi connectivity index (χ1v) is 7.53. The second kappa shape index (κ2) is 5.37. The Kier molecular flexibility index (Phi) is 3.55. The summed E-state index contributed by atoms with van der Waals surface area (Å²) in [5.41, 5.74) is 3.18. The summed E-state index contributed by atoms with van der Waals surface area (Å²) in [6.07, 6.45) is 0.815. The molecule has 0 N–H and O–H groups in total. The van der Waals surface area contributed by atoms with Crippen LogP contribution >= 0.6 is 11.8 Å². The average Bonchev–Trinajstić information content (AvgIpc) is 2.81. The number of benzene rings is 1. The van der Waals surface area contributed by atoms with E-state index in [1.807, 2.05) is 26.0 Å². The van der Waals surface area contributed by atoms with Crippen LogP contribution in [0.15, 0.2) is 27.6 Å². The molecule has 0 unspecified atom stereocenters. The molecular formula is C15H14N2O3S. The molecule has 2 heterocycles. The summed E-state index contributed by atoms with van der Waals surface area (Å²) in [4.78, 5) is 25.8. The first-order chi connectivity index (χ1) is 10.1. The van der Waals surface area contributed by atoms with Crippen molar-refractivity contribution in [2.24, 2.45) is 0 Å². The van der Waals surface area contributed by atoms with Gasteiger partial charge in [0.15, 0.2) is 0 Å². The van der Waals surface area contributed by atoms with Crippen molar-refractivity contribution in [2.45, 2.75) is 25.3 Å². The molecule has 1 aliphatic rings. The summed E-state index contributed by atoms with van der Waals surface area (Å²) in [6.45, 7) is 4.15. The lowest BCUT2D eigenvalue weighted by Crippen LogP contribution is -2.35. The van der Waals surface area contributed by atoms with Gasteiger partial charge in [-0.1, -0.05) is 5.16 Å². The third kappa shape index (κ3) is 2.47. The second-order valence-electron chi connectivity index (χ2n) is 4.92. The van der Waals surface area contributed by atoms with E-state index in [4.69, 9.17) is 4.52 Å². The van der Waals surface area contributed by atoms with Gasteiger partial charge in [0.1, 0.15) is 12.0 Å². The van der Waals surface area contributed by atoms with Crippen molar-refractivity contribution in [3.63, 3.8) is 0 Å². The van der Waals surface area contributed by atoms with Crippen LogP contribution in [0.4, 0.5) is 5.69 Å². The molecule has 0 fully saturated rings. The second-order valence-corrected chi connectivity index (χ2v) is 5.93. The third-order valence-electron chi connectivity index (χ3n) is 3.56. The van der Waals surface area contributed by atoms with Crippen LogP contribution in [0.25, 0.3) is 0 Å². The third-order valence-corrected chi connectivity index (χ3v) is 4.59. The summed E-state index contributed by atoms with van der Waals surface area (Å²) in [5, 5.41) is 3.93. The predicted octanol–water partition coefficient (Wildman–Crippen LogP) is 2.74. The molecule has 0 saturated heterocycles. The Labute approximate surface area is 126 Å². The van der Waals surface area contributed by atoms with Crippen LogP contribution in [0.2, 0.25) is 0 Å². The van der Waals surface area contributed by atoms with Gasteiger partial charge >= 0.3 is 0 Å². The molecule has 1 amide bonds. The highest BCUT2D eigenvalue weighted by molar-refractivity contribution is 8.00. The van der Waals surface area contributed by atoms with Crippen molar-refractivity contribution in [3.05, 3.63) is 40.8 Å². The fourth-order valence-corrected chi connectivity index (χ4v) is 3.33. The van der Waals surface area contributed by atoms with Crippen molar-refractivity contribution in [3.8, 4) is 0 Å². The van der Waals surface area contributed by atoms with Gasteiger partial charge < -0.3 is 9.42 Å². The van der Waals surface area contributed by atoms with Crippen LogP contribution in [0, 0.1) is 13.8 Å². The highest BCUT2D eigenvalue weighted by Gasteiger charge is 2.26. The molecule has 5 nitrogen and oxygen atoms in total. The molecule has 1 aromatic heterocycles. The predicted molar refractivity (Wildman–Crippen MR) is 79.7 cm³/mol. The lowest BCUT2D eigenvalue weighted by molar-refractivity contribution is -0.116. The molecule has 108 valence electrons. The number of thioether (sulfide) groups is 1. The molecule has 2 aromatic rings. The highest BCUT2D eigenvalue weighted by atomic mass is 32.2. The molecule has 0 radical (unpaired) electrons. The maximum absolute atomic E-state index is 12.2. The van der Waals surface area contributed by atoms with Crippen molar-refractivity contribution >= 4 is 29.6 Å². The monoisotopic (exact) mass is 302 g/mol. The van der Waals surface area contributed by atoms with E-state index >= 15 is 0 Å².